The van der Waals surface area contributed by atoms with Crippen LogP contribution >= 0.6 is 24.8 Å². The first-order valence-electron chi connectivity index (χ1n) is 7.59. The van der Waals surface area contributed by atoms with Crippen molar-refractivity contribution in [2.75, 3.05) is 18.0 Å². The molecule has 1 unspecified atom stereocenters. The summed E-state index contributed by atoms with van der Waals surface area (Å²) >= 11 is 0. The van der Waals surface area contributed by atoms with Crippen molar-refractivity contribution in [3.63, 3.8) is 0 Å². The van der Waals surface area contributed by atoms with Gasteiger partial charge in [0.1, 0.15) is 5.82 Å². The highest BCUT2D eigenvalue weighted by Crippen LogP contribution is 2.32. The summed E-state index contributed by atoms with van der Waals surface area (Å²) in [6.45, 7) is 3.61. The Morgan fingerprint density at radius 2 is 2.09 bits per heavy atom. The third kappa shape index (κ3) is 4.49. The number of piperidine rings is 1. The molecule has 0 aromatic heterocycles. The standard InChI is InChI=1S/C16H22FN3O.2ClH/c1-11-9-12(17)4-5-14(11)20-8-2-3-13(10-20)19-15(21)16(18)6-7-16;;/h4-5,9,13H,2-3,6-8,10,18H2,1H3,(H,19,21);2*1H. The molecule has 0 spiro atoms. The van der Waals surface area contributed by atoms with Crippen molar-refractivity contribution in [3.05, 3.63) is 29.6 Å². The monoisotopic (exact) mass is 363 g/mol. The number of halogens is 3. The molecule has 0 radical (unpaired) electrons. The predicted molar refractivity (Wildman–Crippen MR) is 95.2 cm³/mol. The van der Waals surface area contributed by atoms with Crippen LogP contribution in [0.25, 0.3) is 0 Å². The van der Waals surface area contributed by atoms with Crippen LogP contribution in [0.5, 0.6) is 0 Å². The van der Waals surface area contributed by atoms with Crippen molar-refractivity contribution in [1.82, 2.24) is 5.32 Å². The Morgan fingerprint density at radius 3 is 2.70 bits per heavy atom. The average Bonchev–Trinajstić information content (AvgIpc) is 3.18. The highest BCUT2D eigenvalue weighted by molar-refractivity contribution is 5.89. The molecule has 23 heavy (non-hydrogen) atoms. The van der Waals surface area contributed by atoms with Crippen LogP contribution in [-0.4, -0.2) is 30.6 Å². The molecule has 1 aromatic carbocycles. The summed E-state index contributed by atoms with van der Waals surface area (Å²) in [6.07, 6.45) is 3.55. The minimum atomic E-state index is -0.617. The van der Waals surface area contributed by atoms with Crippen LogP contribution in [0.2, 0.25) is 0 Å². The number of carbonyl (C=O) groups excluding carboxylic acids is 1. The fourth-order valence-electron chi connectivity index (χ4n) is 2.98. The van der Waals surface area contributed by atoms with Crippen LogP contribution < -0.4 is 16.0 Å². The van der Waals surface area contributed by atoms with Gasteiger partial charge >= 0.3 is 0 Å². The molecule has 3 rings (SSSR count). The number of hydrogen-bond donors (Lipinski definition) is 2. The Bertz CT molecular complexity index is 566. The lowest BCUT2D eigenvalue weighted by Gasteiger charge is -2.36. The first kappa shape index (κ1) is 20.0. The van der Waals surface area contributed by atoms with Gasteiger partial charge in [0.15, 0.2) is 0 Å². The lowest BCUT2D eigenvalue weighted by atomic mass is 10.0. The molecule has 1 aromatic rings. The van der Waals surface area contributed by atoms with Crippen molar-refractivity contribution in [1.29, 1.82) is 0 Å². The molecule has 1 heterocycles. The zero-order valence-corrected chi connectivity index (χ0v) is 14.8. The molecule has 1 aliphatic heterocycles. The molecule has 1 atom stereocenters. The number of nitrogens with one attached hydrogen (secondary N) is 1. The Labute approximate surface area is 148 Å². The summed E-state index contributed by atoms with van der Waals surface area (Å²) in [5, 5.41) is 3.07. The van der Waals surface area contributed by atoms with Gasteiger partial charge in [-0.15, -0.1) is 24.8 Å². The molecule has 2 aliphatic rings. The highest BCUT2D eigenvalue weighted by atomic mass is 35.5. The van der Waals surface area contributed by atoms with Gasteiger partial charge in [-0.25, -0.2) is 4.39 Å². The lowest BCUT2D eigenvalue weighted by Crippen LogP contribution is -2.53. The maximum absolute atomic E-state index is 13.2. The largest absolute Gasteiger partial charge is 0.369 e. The number of nitrogens with zero attached hydrogens (tertiary/aromatic N) is 1. The molecule has 3 N–H and O–H groups in total. The molecule has 2 fully saturated rings. The van der Waals surface area contributed by atoms with E-state index < -0.39 is 5.54 Å². The molecule has 1 amide bonds. The molecule has 1 aliphatic carbocycles. The van der Waals surface area contributed by atoms with E-state index in [4.69, 9.17) is 5.73 Å². The van der Waals surface area contributed by atoms with Crippen LogP contribution in [0.4, 0.5) is 10.1 Å². The molecular weight excluding hydrogens is 340 g/mol. The summed E-state index contributed by atoms with van der Waals surface area (Å²) in [5.74, 6) is -0.234. The summed E-state index contributed by atoms with van der Waals surface area (Å²) in [7, 11) is 0. The Morgan fingerprint density at radius 1 is 1.39 bits per heavy atom. The average molecular weight is 364 g/mol. The van der Waals surface area contributed by atoms with Crippen molar-refractivity contribution in [3.8, 4) is 0 Å². The van der Waals surface area contributed by atoms with Gasteiger partial charge in [0.05, 0.1) is 5.54 Å². The second-order valence-corrected chi connectivity index (χ2v) is 6.35. The van der Waals surface area contributed by atoms with E-state index in [9.17, 15) is 9.18 Å². The number of nitrogens with two attached hydrogens (primary N) is 1. The van der Waals surface area contributed by atoms with Crippen LogP contribution in [-0.2, 0) is 4.79 Å². The maximum atomic E-state index is 13.2. The van der Waals surface area contributed by atoms with Gasteiger partial charge < -0.3 is 16.0 Å². The minimum absolute atomic E-state index is 0. The molecule has 130 valence electrons. The van der Waals surface area contributed by atoms with Gasteiger partial charge in [-0.3, -0.25) is 4.79 Å². The highest BCUT2D eigenvalue weighted by Gasteiger charge is 2.46. The number of hydrogen-bond acceptors (Lipinski definition) is 3. The number of carbonyl (C=O) groups is 1. The van der Waals surface area contributed by atoms with Gasteiger partial charge in [-0.1, -0.05) is 0 Å². The fraction of sp³-hybridized carbons (Fsp3) is 0.562. The summed E-state index contributed by atoms with van der Waals surface area (Å²) < 4.78 is 13.2. The molecular formula is C16H24Cl2FN3O. The summed E-state index contributed by atoms with van der Waals surface area (Å²) in [5.41, 5.74) is 7.29. The van der Waals surface area contributed by atoms with Gasteiger partial charge in [-0.2, -0.15) is 0 Å². The number of amides is 1. The van der Waals surface area contributed by atoms with E-state index in [1.54, 1.807) is 6.07 Å². The van der Waals surface area contributed by atoms with E-state index in [0.717, 1.165) is 50.0 Å². The third-order valence-corrected chi connectivity index (χ3v) is 4.50. The Hall–Kier alpha value is -1.04. The smallest absolute Gasteiger partial charge is 0.240 e. The minimum Gasteiger partial charge on any atom is -0.369 e. The van der Waals surface area contributed by atoms with Gasteiger partial charge in [-0.05, 0) is 56.4 Å². The van der Waals surface area contributed by atoms with Crippen LogP contribution in [0.15, 0.2) is 18.2 Å². The van der Waals surface area contributed by atoms with Crippen LogP contribution in [0.1, 0.15) is 31.2 Å². The molecule has 7 heteroatoms. The van der Waals surface area contributed by atoms with Crippen LogP contribution in [0, 0.1) is 12.7 Å². The molecule has 1 saturated heterocycles. The van der Waals surface area contributed by atoms with Crippen molar-refractivity contribution in [2.24, 2.45) is 5.73 Å². The van der Waals surface area contributed by atoms with E-state index >= 15 is 0 Å². The number of anilines is 1. The zero-order chi connectivity index (χ0) is 15.0. The first-order valence-corrected chi connectivity index (χ1v) is 7.59. The van der Waals surface area contributed by atoms with E-state index in [-0.39, 0.29) is 42.6 Å². The normalized spacial score (nSPS) is 21.7. The van der Waals surface area contributed by atoms with Gasteiger partial charge in [0.25, 0.3) is 0 Å². The number of benzene rings is 1. The first-order chi connectivity index (χ1) is 9.98. The zero-order valence-electron chi connectivity index (χ0n) is 13.2. The Kier molecular flexibility index (Phi) is 6.69. The van der Waals surface area contributed by atoms with Crippen molar-refractivity contribution >= 4 is 36.4 Å². The quantitative estimate of drug-likeness (QED) is 0.867. The Balaban J connectivity index is 0.00000132. The number of rotatable bonds is 3. The second-order valence-electron chi connectivity index (χ2n) is 6.35. The molecule has 0 bridgehead atoms. The SMILES string of the molecule is Cc1cc(F)ccc1N1CCCC(NC(=O)C2(N)CC2)C1.Cl.Cl. The van der Waals surface area contributed by atoms with Gasteiger partial charge in [0, 0.05) is 24.8 Å². The van der Waals surface area contributed by atoms with E-state index in [1.165, 1.54) is 6.07 Å². The predicted octanol–water partition coefficient (Wildman–Crippen LogP) is 2.55. The summed E-state index contributed by atoms with van der Waals surface area (Å²) in [4.78, 5) is 14.3. The second kappa shape index (κ2) is 7.69. The van der Waals surface area contributed by atoms with E-state index in [1.807, 2.05) is 13.0 Å². The maximum Gasteiger partial charge on any atom is 0.240 e. The van der Waals surface area contributed by atoms with E-state index in [2.05, 4.69) is 10.2 Å². The van der Waals surface area contributed by atoms with Gasteiger partial charge in [0.2, 0.25) is 5.91 Å². The molecule has 1 saturated carbocycles. The third-order valence-electron chi connectivity index (χ3n) is 4.50. The lowest BCUT2D eigenvalue weighted by molar-refractivity contribution is -0.124. The van der Waals surface area contributed by atoms with Crippen molar-refractivity contribution < 1.29 is 9.18 Å². The van der Waals surface area contributed by atoms with Crippen molar-refractivity contribution in [2.45, 2.75) is 44.2 Å². The van der Waals surface area contributed by atoms with Crippen LogP contribution in [0.3, 0.4) is 0 Å². The topological polar surface area (TPSA) is 58.4 Å². The fourth-order valence-corrected chi connectivity index (χ4v) is 2.98. The van der Waals surface area contributed by atoms with E-state index in [0.29, 0.717) is 0 Å². The number of aryl methyl sites for hydroxylation is 1. The summed E-state index contributed by atoms with van der Waals surface area (Å²) in [6, 6.07) is 4.98. The molecule has 4 nitrogen and oxygen atoms in total.